The van der Waals surface area contributed by atoms with Gasteiger partial charge in [-0.3, -0.25) is 19.7 Å². The van der Waals surface area contributed by atoms with Crippen LogP contribution in [0.15, 0.2) is 60.7 Å². The van der Waals surface area contributed by atoms with Gasteiger partial charge in [0.15, 0.2) is 0 Å². The second-order valence-corrected chi connectivity index (χ2v) is 7.91. The number of ether oxygens (including phenoxy) is 1. The minimum Gasteiger partial charge on any atom is -0.450 e. The molecule has 0 atom stereocenters. The predicted molar refractivity (Wildman–Crippen MR) is 126 cm³/mol. The minimum atomic E-state index is -0.586. The molecular weight excluding hydrogens is 446 g/mol. The Morgan fingerprint density at radius 3 is 2.30 bits per heavy atom. The van der Waals surface area contributed by atoms with Crippen molar-refractivity contribution in [2.45, 2.75) is 13.8 Å². The summed E-state index contributed by atoms with van der Waals surface area (Å²) in [5.74, 6) is -0.315. The van der Waals surface area contributed by atoms with E-state index in [9.17, 15) is 19.7 Å². The monoisotopic (exact) mass is 467 g/mol. The summed E-state index contributed by atoms with van der Waals surface area (Å²) >= 11 is 5.82. The predicted octanol–water partition coefficient (Wildman–Crippen LogP) is 5.37. The van der Waals surface area contributed by atoms with Gasteiger partial charge in [0.25, 0.3) is 5.91 Å². The third kappa shape index (κ3) is 5.87. The molecule has 3 aromatic carbocycles. The van der Waals surface area contributed by atoms with Crippen molar-refractivity contribution in [3.05, 3.63) is 92.5 Å². The van der Waals surface area contributed by atoms with Gasteiger partial charge in [-0.1, -0.05) is 29.8 Å². The summed E-state index contributed by atoms with van der Waals surface area (Å²) in [4.78, 5) is 37.1. The Labute approximate surface area is 195 Å². The largest absolute Gasteiger partial charge is 0.450 e. The number of amides is 2. The summed E-state index contributed by atoms with van der Waals surface area (Å²) in [5, 5.41) is 14.3. The minimum absolute atomic E-state index is 0.0313. The number of hydrogen-bond donors (Lipinski definition) is 1. The Morgan fingerprint density at radius 2 is 1.70 bits per heavy atom. The number of nitro benzene ring substituents is 1. The van der Waals surface area contributed by atoms with E-state index < -0.39 is 4.92 Å². The van der Waals surface area contributed by atoms with Gasteiger partial charge in [0, 0.05) is 29.4 Å². The highest BCUT2D eigenvalue weighted by molar-refractivity contribution is 6.30. The van der Waals surface area contributed by atoms with Crippen LogP contribution in [-0.4, -0.2) is 35.2 Å². The van der Waals surface area contributed by atoms with Gasteiger partial charge in [-0.15, -0.1) is 0 Å². The molecule has 1 N–H and O–H groups in total. The molecule has 8 nitrogen and oxygen atoms in total. The first kappa shape index (κ1) is 23.7. The fourth-order valence-electron chi connectivity index (χ4n) is 3.21. The number of rotatable bonds is 7. The van der Waals surface area contributed by atoms with Crippen LogP contribution in [0.5, 0.6) is 11.5 Å². The van der Waals surface area contributed by atoms with Gasteiger partial charge in [-0.25, -0.2) is 0 Å². The second kappa shape index (κ2) is 10.1. The summed E-state index contributed by atoms with van der Waals surface area (Å²) in [5.41, 5.74) is 2.69. The highest BCUT2D eigenvalue weighted by Gasteiger charge is 2.18. The van der Waals surface area contributed by atoms with Crippen LogP contribution in [0, 0.1) is 24.0 Å². The zero-order chi connectivity index (χ0) is 24.1. The summed E-state index contributed by atoms with van der Waals surface area (Å²) in [6.45, 7) is 3.68. The first-order valence-corrected chi connectivity index (χ1v) is 10.4. The van der Waals surface area contributed by atoms with Gasteiger partial charge in [-0.05, 0) is 61.4 Å². The van der Waals surface area contributed by atoms with Crippen molar-refractivity contribution in [3.8, 4) is 11.5 Å². The topological polar surface area (TPSA) is 102 Å². The lowest BCUT2D eigenvalue weighted by Crippen LogP contribution is -2.35. The average Bonchev–Trinajstić information content (AvgIpc) is 2.77. The van der Waals surface area contributed by atoms with E-state index in [0.29, 0.717) is 11.3 Å². The molecule has 0 saturated carbocycles. The molecule has 170 valence electrons. The van der Waals surface area contributed by atoms with Crippen LogP contribution in [-0.2, 0) is 4.79 Å². The number of benzene rings is 3. The molecule has 9 heteroatoms. The molecule has 0 saturated heterocycles. The molecule has 0 aromatic heterocycles. The van der Waals surface area contributed by atoms with Crippen molar-refractivity contribution in [1.29, 1.82) is 0 Å². The number of aryl methyl sites for hydroxylation is 2. The smallest absolute Gasteiger partial charge is 0.313 e. The highest BCUT2D eigenvalue weighted by Crippen LogP contribution is 2.33. The Morgan fingerprint density at radius 1 is 1.06 bits per heavy atom. The zero-order valence-electron chi connectivity index (χ0n) is 18.3. The summed E-state index contributed by atoms with van der Waals surface area (Å²) < 4.78 is 5.59. The van der Waals surface area contributed by atoms with Crippen LogP contribution in [0.2, 0.25) is 5.02 Å². The molecule has 0 aliphatic carbocycles. The van der Waals surface area contributed by atoms with Crippen LogP contribution in [0.1, 0.15) is 21.5 Å². The molecular formula is C24H22ClN3O5. The SMILES string of the molecule is Cc1cccc(C)c1NC(=O)CN(C)C(=O)c1ccc(Oc2ccc(Cl)cc2[N+](=O)[O-])cc1. The fraction of sp³-hybridized carbons (Fsp3) is 0.167. The van der Waals surface area contributed by atoms with E-state index in [2.05, 4.69) is 5.32 Å². The van der Waals surface area contributed by atoms with Crippen molar-refractivity contribution in [1.82, 2.24) is 4.90 Å². The average molecular weight is 468 g/mol. The molecule has 33 heavy (non-hydrogen) atoms. The third-order valence-corrected chi connectivity index (χ3v) is 5.15. The fourth-order valence-corrected chi connectivity index (χ4v) is 3.38. The standard InChI is InChI=1S/C24H22ClN3O5/c1-15-5-4-6-16(2)23(15)26-22(29)14-27(3)24(30)17-7-10-19(11-8-17)33-21-12-9-18(25)13-20(21)28(31)32/h4-13H,14H2,1-3H3,(H,26,29). The van der Waals surface area contributed by atoms with E-state index in [1.165, 1.54) is 54.4 Å². The number of likely N-dealkylation sites (N-methyl/N-ethyl adjacent to an activating group) is 1. The van der Waals surface area contributed by atoms with Crippen LogP contribution in [0.4, 0.5) is 11.4 Å². The molecule has 0 spiro atoms. The summed E-state index contributed by atoms with van der Waals surface area (Å²) in [6, 6.07) is 15.9. The van der Waals surface area contributed by atoms with Crippen molar-refractivity contribution < 1.29 is 19.2 Å². The molecule has 2 amide bonds. The van der Waals surface area contributed by atoms with Crippen LogP contribution >= 0.6 is 11.6 Å². The van der Waals surface area contributed by atoms with Gasteiger partial charge in [0.05, 0.1) is 11.5 Å². The number of nitrogens with one attached hydrogen (secondary N) is 1. The lowest BCUT2D eigenvalue weighted by molar-refractivity contribution is -0.385. The number of hydrogen-bond acceptors (Lipinski definition) is 5. The highest BCUT2D eigenvalue weighted by atomic mass is 35.5. The normalized spacial score (nSPS) is 10.4. The van der Waals surface area contributed by atoms with Gasteiger partial charge in [-0.2, -0.15) is 0 Å². The first-order chi connectivity index (χ1) is 15.7. The van der Waals surface area contributed by atoms with Crippen LogP contribution in [0.3, 0.4) is 0 Å². The van der Waals surface area contributed by atoms with E-state index >= 15 is 0 Å². The number of halogens is 1. The van der Waals surface area contributed by atoms with E-state index in [1.807, 2.05) is 32.0 Å². The van der Waals surface area contributed by atoms with Crippen LogP contribution < -0.4 is 10.1 Å². The van der Waals surface area contributed by atoms with Gasteiger partial charge < -0.3 is 15.0 Å². The van der Waals surface area contributed by atoms with Crippen molar-refractivity contribution in [2.75, 3.05) is 18.9 Å². The summed E-state index contributed by atoms with van der Waals surface area (Å²) in [6.07, 6.45) is 0. The molecule has 0 bridgehead atoms. The molecule has 0 unspecified atom stereocenters. The Kier molecular flexibility index (Phi) is 7.30. The lowest BCUT2D eigenvalue weighted by Gasteiger charge is -2.18. The Hall–Kier alpha value is -3.91. The molecule has 0 aliphatic heterocycles. The van der Waals surface area contributed by atoms with Gasteiger partial charge >= 0.3 is 5.69 Å². The molecule has 3 rings (SSSR count). The van der Waals surface area contributed by atoms with E-state index in [1.54, 1.807) is 0 Å². The molecule has 0 aliphatic rings. The summed E-state index contributed by atoms with van der Waals surface area (Å²) in [7, 11) is 1.54. The maximum atomic E-state index is 12.7. The van der Waals surface area contributed by atoms with Gasteiger partial charge in [0.2, 0.25) is 11.7 Å². The number of carbonyl (C=O) groups excluding carboxylic acids is 2. The number of carbonyl (C=O) groups is 2. The maximum Gasteiger partial charge on any atom is 0.313 e. The Balaban J connectivity index is 1.65. The molecule has 0 fully saturated rings. The van der Waals surface area contributed by atoms with Crippen molar-refractivity contribution in [3.63, 3.8) is 0 Å². The number of nitrogens with zero attached hydrogens (tertiary/aromatic N) is 2. The zero-order valence-corrected chi connectivity index (χ0v) is 19.1. The number of anilines is 1. The lowest BCUT2D eigenvalue weighted by atomic mass is 10.1. The number of para-hydroxylation sites is 1. The third-order valence-electron chi connectivity index (χ3n) is 4.92. The van der Waals surface area contributed by atoms with E-state index in [-0.39, 0.29) is 34.8 Å². The van der Waals surface area contributed by atoms with E-state index in [4.69, 9.17) is 16.3 Å². The maximum absolute atomic E-state index is 12.7. The Bertz CT molecular complexity index is 1190. The van der Waals surface area contributed by atoms with Crippen molar-refractivity contribution in [2.24, 2.45) is 0 Å². The number of nitro groups is 1. The molecule has 0 heterocycles. The van der Waals surface area contributed by atoms with Crippen molar-refractivity contribution >= 4 is 34.8 Å². The van der Waals surface area contributed by atoms with Gasteiger partial charge in [0.1, 0.15) is 5.75 Å². The molecule has 0 radical (unpaired) electrons. The second-order valence-electron chi connectivity index (χ2n) is 7.47. The van der Waals surface area contributed by atoms with Crippen LogP contribution in [0.25, 0.3) is 0 Å². The van der Waals surface area contributed by atoms with E-state index in [0.717, 1.165) is 16.8 Å². The molecule has 3 aromatic rings. The quantitative estimate of drug-likeness (QED) is 0.372. The first-order valence-electron chi connectivity index (χ1n) is 9.99.